The fourth-order valence-electron chi connectivity index (χ4n) is 3.08. The highest BCUT2D eigenvalue weighted by Gasteiger charge is 2.20. The molecule has 5 heteroatoms. The highest BCUT2D eigenvalue weighted by molar-refractivity contribution is 6.00. The predicted octanol–water partition coefficient (Wildman–Crippen LogP) is 1.77. The monoisotopic (exact) mass is 299 g/mol. The molecule has 3 rings (SSSR count). The molecule has 3 N–H and O–H groups in total. The number of likely N-dealkylation sites (N-methyl/N-ethyl adjacent to an activating group) is 1. The molecule has 1 unspecified atom stereocenters. The molecule has 22 heavy (non-hydrogen) atoms. The molecule has 1 aliphatic carbocycles. The number of aromatic amines is 1. The summed E-state index contributed by atoms with van der Waals surface area (Å²) in [6, 6.07) is 5.68. The van der Waals surface area contributed by atoms with Crippen LogP contribution in [-0.4, -0.2) is 30.4 Å². The van der Waals surface area contributed by atoms with Gasteiger partial charge in [0.1, 0.15) is 0 Å². The van der Waals surface area contributed by atoms with Gasteiger partial charge < -0.3 is 15.6 Å². The van der Waals surface area contributed by atoms with Crippen molar-refractivity contribution in [3.8, 4) is 0 Å². The van der Waals surface area contributed by atoms with Crippen LogP contribution in [0.4, 0.5) is 0 Å². The Morgan fingerprint density at radius 2 is 2.18 bits per heavy atom. The standard InChI is InChI=1S/C17H21N3O2/c1-10-3-5-14-12(7-10)13-8-11(4-6-15(13)20-14)17(22)19-9-16(21)18-2/h4,6,8,10,20H,3,5,7,9H2,1-2H3,(H,18,21)(H,19,22). The molecule has 0 fully saturated rings. The maximum Gasteiger partial charge on any atom is 0.251 e. The summed E-state index contributed by atoms with van der Waals surface area (Å²) >= 11 is 0. The molecule has 116 valence electrons. The highest BCUT2D eigenvalue weighted by atomic mass is 16.2. The summed E-state index contributed by atoms with van der Waals surface area (Å²) in [5.74, 6) is 0.254. The van der Waals surface area contributed by atoms with Crippen molar-refractivity contribution in [2.75, 3.05) is 13.6 Å². The lowest BCUT2D eigenvalue weighted by Crippen LogP contribution is -2.35. The first kappa shape index (κ1) is 14.6. The van der Waals surface area contributed by atoms with Gasteiger partial charge in [0.15, 0.2) is 0 Å². The number of nitrogens with one attached hydrogen (secondary N) is 3. The van der Waals surface area contributed by atoms with Gasteiger partial charge in [0, 0.05) is 29.2 Å². The van der Waals surface area contributed by atoms with Crippen LogP contribution in [0, 0.1) is 5.92 Å². The SMILES string of the molecule is CNC(=O)CNC(=O)c1ccc2[nH]c3c(c2c1)CC(C)CC3. The summed E-state index contributed by atoms with van der Waals surface area (Å²) in [6.07, 6.45) is 3.33. The quantitative estimate of drug-likeness (QED) is 0.808. The topological polar surface area (TPSA) is 74.0 Å². The van der Waals surface area contributed by atoms with E-state index in [1.165, 1.54) is 17.7 Å². The maximum atomic E-state index is 12.2. The minimum Gasteiger partial charge on any atom is -0.358 e. The van der Waals surface area contributed by atoms with E-state index in [4.69, 9.17) is 0 Å². The largest absolute Gasteiger partial charge is 0.358 e. The molecule has 2 amide bonds. The summed E-state index contributed by atoms with van der Waals surface area (Å²) in [5, 5.41) is 6.25. The lowest BCUT2D eigenvalue weighted by Gasteiger charge is -2.18. The molecule has 5 nitrogen and oxygen atoms in total. The van der Waals surface area contributed by atoms with E-state index < -0.39 is 0 Å². The minimum absolute atomic E-state index is 0.00432. The molecule has 1 heterocycles. The lowest BCUT2D eigenvalue weighted by atomic mass is 9.87. The van der Waals surface area contributed by atoms with Crippen LogP contribution in [0.15, 0.2) is 18.2 Å². The van der Waals surface area contributed by atoms with E-state index >= 15 is 0 Å². The number of H-pyrrole nitrogens is 1. The third kappa shape index (κ3) is 2.71. The van der Waals surface area contributed by atoms with Crippen LogP contribution in [0.3, 0.4) is 0 Å². The van der Waals surface area contributed by atoms with E-state index in [0.29, 0.717) is 11.5 Å². The summed E-state index contributed by atoms with van der Waals surface area (Å²) in [5.41, 5.74) is 4.32. The summed E-state index contributed by atoms with van der Waals surface area (Å²) < 4.78 is 0. The number of fused-ring (bicyclic) bond motifs is 3. The summed E-state index contributed by atoms with van der Waals surface area (Å²) in [7, 11) is 1.55. The van der Waals surface area contributed by atoms with Crippen LogP contribution in [-0.2, 0) is 17.6 Å². The number of benzene rings is 1. The summed E-state index contributed by atoms with van der Waals surface area (Å²) in [6.45, 7) is 2.26. The Morgan fingerprint density at radius 3 is 2.95 bits per heavy atom. The van der Waals surface area contributed by atoms with Crippen molar-refractivity contribution in [1.82, 2.24) is 15.6 Å². The molecule has 0 aliphatic heterocycles. The Hall–Kier alpha value is -2.30. The Labute approximate surface area is 129 Å². The zero-order valence-corrected chi connectivity index (χ0v) is 13.0. The van der Waals surface area contributed by atoms with Crippen molar-refractivity contribution in [1.29, 1.82) is 0 Å². The summed E-state index contributed by atoms with van der Waals surface area (Å²) in [4.78, 5) is 26.8. The average Bonchev–Trinajstić information content (AvgIpc) is 2.89. The number of hydrogen-bond acceptors (Lipinski definition) is 2. The number of aromatic nitrogens is 1. The molecule has 2 aromatic rings. The van der Waals surface area contributed by atoms with Gasteiger partial charge in [0.2, 0.25) is 5.91 Å². The molecule has 1 aromatic heterocycles. The van der Waals surface area contributed by atoms with Gasteiger partial charge in [-0.1, -0.05) is 6.92 Å². The Bertz CT molecular complexity index is 733. The van der Waals surface area contributed by atoms with Gasteiger partial charge in [0.25, 0.3) is 5.91 Å². The van der Waals surface area contributed by atoms with Gasteiger partial charge in [-0.25, -0.2) is 0 Å². The third-order valence-corrected chi connectivity index (χ3v) is 4.38. The molecule has 0 saturated carbocycles. The minimum atomic E-state index is -0.218. The number of carbonyl (C=O) groups excluding carboxylic acids is 2. The van der Waals surface area contributed by atoms with Crippen molar-refractivity contribution < 1.29 is 9.59 Å². The number of carbonyl (C=O) groups is 2. The van der Waals surface area contributed by atoms with E-state index in [9.17, 15) is 9.59 Å². The molecule has 0 radical (unpaired) electrons. The first-order valence-electron chi connectivity index (χ1n) is 7.70. The van der Waals surface area contributed by atoms with Gasteiger partial charge in [0.05, 0.1) is 6.54 Å². The van der Waals surface area contributed by atoms with E-state index in [2.05, 4.69) is 22.5 Å². The molecule has 1 aromatic carbocycles. The van der Waals surface area contributed by atoms with Crippen molar-refractivity contribution in [3.63, 3.8) is 0 Å². The fourth-order valence-corrected chi connectivity index (χ4v) is 3.08. The van der Waals surface area contributed by atoms with E-state index in [1.54, 1.807) is 13.1 Å². The van der Waals surface area contributed by atoms with Crippen LogP contribution in [0.25, 0.3) is 10.9 Å². The van der Waals surface area contributed by atoms with Crippen LogP contribution in [0.5, 0.6) is 0 Å². The first-order chi connectivity index (χ1) is 10.6. The molecule has 1 aliphatic rings. The van der Waals surface area contributed by atoms with Crippen molar-refractivity contribution in [3.05, 3.63) is 35.0 Å². The molecule has 1 atom stereocenters. The average molecular weight is 299 g/mol. The van der Waals surface area contributed by atoms with Crippen LogP contribution in [0.1, 0.15) is 35.0 Å². The molecule has 0 bridgehead atoms. The van der Waals surface area contributed by atoms with Gasteiger partial charge in [-0.2, -0.15) is 0 Å². The van der Waals surface area contributed by atoms with Crippen molar-refractivity contribution in [2.45, 2.75) is 26.2 Å². The van der Waals surface area contributed by atoms with Crippen molar-refractivity contribution >= 4 is 22.7 Å². The second kappa shape index (κ2) is 5.83. The van der Waals surface area contributed by atoms with Crippen LogP contribution in [0.2, 0.25) is 0 Å². The van der Waals surface area contributed by atoms with Crippen molar-refractivity contribution in [2.24, 2.45) is 5.92 Å². The normalized spacial score (nSPS) is 17.1. The second-order valence-corrected chi connectivity index (χ2v) is 6.05. The van der Waals surface area contributed by atoms with Crippen LogP contribution >= 0.6 is 0 Å². The smallest absolute Gasteiger partial charge is 0.251 e. The highest BCUT2D eigenvalue weighted by Crippen LogP contribution is 2.32. The fraction of sp³-hybridized carbons (Fsp3) is 0.412. The Morgan fingerprint density at radius 1 is 1.36 bits per heavy atom. The van der Waals surface area contributed by atoms with Crippen LogP contribution < -0.4 is 10.6 Å². The number of amides is 2. The van der Waals surface area contributed by atoms with Gasteiger partial charge >= 0.3 is 0 Å². The van der Waals surface area contributed by atoms with Gasteiger partial charge in [-0.15, -0.1) is 0 Å². The molecular formula is C17H21N3O2. The maximum absolute atomic E-state index is 12.2. The van der Waals surface area contributed by atoms with E-state index in [0.717, 1.165) is 23.7 Å². The Kier molecular flexibility index (Phi) is 3.88. The van der Waals surface area contributed by atoms with Gasteiger partial charge in [-0.3, -0.25) is 9.59 Å². The number of aryl methyl sites for hydroxylation is 1. The van der Waals surface area contributed by atoms with E-state index in [-0.39, 0.29) is 18.4 Å². The zero-order chi connectivity index (χ0) is 15.7. The van der Waals surface area contributed by atoms with Gasteiger partial charge in [-0.05, 0) is 48.9 Å². The predicted molar refractivity (Wildman–Crippen MR) is 85.9 cm³/mol. The second-order valence-electron chi connectivity index (χ2n) is 6.05. The lowest BCUT2D eigenvalue weighted by molar-refractivity contribution is -0.119. The zero-order valence-electron chi connectivity index (χ0n) is 13.0. The first-order valence-corrected chi connectivity index (χ1v) is 7.70. The third-order valence-electron chi connectivity index (χ3n) is 4.38. The molecule has 0 saturated heterocycles. The Balaban J connectivity index is 1.87. The molecular weight excluding hydrogens is 278 g/mol. The number of rotatable bonds is 3. The van der Waals surface area contributed by atoms with E-state index in [1.807, 2.05) is 12.1 Å². The molecule has 0 spiro atoms. The number of hydrogen-bond donors (Lipinski definition) is 3.